The molecule has 1 aromatic heterocycles. The normalized spacial score (nSPS) is 10.9. The van der Waals surface area contributed by atoms with Crippen LogP contribution in [0.15, 0.2) is 77.7 Å². The number of thioether (sulfide) groups is 1. The molecule has 0 unspecified atom stereocenters. The molecule has 0 aliphatic carbocycles. The predicted molar refractivity (Wildman–Crippen MR) is 112 cm³/mol. The number of carbonyl (C=O) groups is 1. The fourth-order valence-corrected chi connectivity index (χ4v) is 4.66. The number of benzene rings is 3. The molecule has 4 rings (SSSR count). The van der Waals surface area contributed by atoms with Gasteiger partial charge in [-0.15, -0.1) is 17.9 Å². The zero-order valence-corrected chi connectivity index (χ0v) is 15.6. The number of hydrogen-bond acceptors (Lipinski definition) is 4. The van der Waals surface area contributed by atoms with Crippen molar-refractivity contribution in [3.63, 3.8) is 0 Å². The molecule has 4 aromatic rings. The number of hydrogen-bond donors (Lipinski definition) is 1. The first-order valence-corrected chi connectivity index (χ1v) is 9.98. The van der Waals surface area contributed by atoms with Crippen LogP contribution in [-0.4, -0.2) is 16.6 Å². The van der Waals surface area contributed by atoms with Gasteiger partial charge >= 0.3 is 0 Å². The Kier molecular flexibility index (Phi) is 4.73. The molecule has 0 fully saturated rings. The number of thiazole rings is 1. The van der Waals surface area contributed by atoms with Crippen molar-refractivity contribution in [2.24, 2.45) is 0 Å². The minimum atomic E-state index is -0.105. The van der Waals surface area contributed by atoms with Gasteiger partial charge in [0.1, 0.15) is 0 Å². The molecule has 26 heavy (non-hydrogen) atoms. The highest BCUT2D eigenvalue weighted by atomic mass is 32.2. The molecule has 0 atom stereocenters. The number of aromatic nitrogens is 1. The zero-order chi connectivity index (χ0) is 17.9. The Bertz CT molecular complexity index is 1110. The number of amides is 1. The second-order valence-electron chi connectivity index (χ2n) is 5.74. The third-order valence-corrected chi connectivity index (χ3v) is 6.14. The molecule has 0 aliphatic heterocycles. The maximum absolute atomic E-state index is 12.8. The lowest BCUT2D eigenvalue weighted by Gasteiger charge is -2.08. The average Bonchev–Trinajstić information content (AvgIpc) is 3.08. The van der Waals surface area contributed by atoms with Gasteiger partial charge in [0.25, 0.3) is 5.91 Å². The SMILES string of the molecule is C=CCSc1nc2ccc(NC(=O)c3cccc4ccccc34)cc2s1. The lowest BCUT2D eigenvalue weighted by atomic mass is 10.0. The van der Waals surface area contributed by atoms with E-state index in [1.54, 1.807) is 23.1 Å². The second kappa shape index (κ2) is 7.32. The third-order valence-electron chi connectivity index (χ3n) is 3.99. The van der Waals surface area contributed by atoms with Gasteiger partial charge in [-0.1, -0.05) is 54.2 Å². The second-order valence-corrected chi connectivity index (χ2v) is 8.04. The molecule has 3 aromatic carbocycles. The van der Waals surface area contributed by atoms with Gasteiger partial charge in [-0.3, -0.25) is 4.79 Å². The first-order valence-electron chi connectivity index (χ1n) is 8.18. The van der Waals surface area contributed by atoms with E-state index >= 15 is 0 Å². The van der Waals surface area contributed by atoms with Crippen molar-refractivity contribution < 1.29 is 4.79 Å². The van der Waals surface area contributed by atoms with Crippen LogP contribution < -0.4 is 5.32 Å². The summed E-state index contributed by atoms with van der Waals surface area (Å²) in [6, 6.07) is 19.5. The van der Waals surface area contributed by atoms with E-state index in [2.05, 4.69) is 16.9 Å². The highest BCUT2D eigenvalue weighted by Crippen LogP contribution is 2.31. The summed E-state index contributed by atoms with van der Waals surface area (Å²) < 4.78 is 2.07. The van der Waals surface area contributed by atoms with Crippen LogP contribution in [0.5, 0.6) is 0 Å². The average molecular weight is 377 g/mol. The minimum Gasteiger partial charge on any atom is -0.322 e. The van der Waals surface area contributed by atoms with E-state index in [9.17, 15) is 4.79 Å². The molecule has 0 radical (unpaired) electrons. The topological polar surface area (TPSA) is 42.0 Å². The first kappa shape index (κ1) is 16.8. The quantitative estimate of drug-likeness (QED) is 0.344. The highest BCUT2D eigenvalue weighted by molar-refractivity contribution is 8.01. The van der Waals surface area contributed by atoms with E-state index in [0.717, 1.165) is 36.8 Å². The molecular formula is C21H16N2OS2. The van der Waals surface area contributed by atoms with Gasteiger partial charge in [0.2, 0.25) is 0 Å². The smallest absolute Gasteiger partial charge is 0.256 e. The number of rotatable bonds is 5. The molecule has 1 amide bonds. The largest absolute Gasteiger partial charge is 0.322 e. The van der Waals surface area contributed by atoms with Gasteiger partial charge in [-0.2, -0.15) is 0 Å². The van der Waals surface area contributed by atoms with E-state index in [1.165, 1.54) is 0 Å². The van der Waals surface area contributed by atoms with Crippen LogP contribution in [0.25, 0.3) is 21.0 Å². The Morgan fingerprint density at radius 1 is 1.15 bits per heavy atom. The van der Waals surface area contributed by atoms with Crippen molar-refractivity contribution in [2.45, 2.75) is 4.34 Å². The minimum absolute atomic E-state index is 0.105. The zero-order valence-electron chi connectivity index (χ0n) is 13.9. The standard InChI is InChI=1S/C21H16N2OS2/c1-2-12-25-21-23-18-11-10-15(13-19(18)26-21)22-20(24)17-9-5-7-14-6-3-4-8-16(14)17/h2-11,13H,1,12H2,(H,22,24). The lowest BCUT2D eigenvalue weighted by molar-refractivity contribution is 0.102. The summed E-state index contributed by atoms with van der Waals surface area (Å²) in [6.45, 7) is 3.74. The van der Waals surface area contributed by atoms with E-state index in [1.807, 2.05) is 66.7 Å². The Morgan fingerprint density at radius 2 is 2.00 bits per heavy atom. The molecule has 128 valence electrons. The van der Waals surface area contributed by atoms with E-state index < -0.39 is 0 Å². The van der Waals surface area contributed by atoms with Crippen LogP contribution in [0.3, 0.4) is 0 Å². The number of carbonyl (C=O) groups excluding carboxylic acids is 1. The molecule has 1 heterocycles. The van der Waals surface area contributed by atoms with Crippen LogP contribution in [-0.2, 0) is 0 Å². The molecular weight excluding hydrogens is 360 g/mol. The molecule has 0 spiro atoms. The van der Waals surface area contributed by atoms with Gasteiger partial charge in [0.05, 0.1) is 10.2 Å². The summed E-state index contributed by atoms with van der Waals surface area (Å²) in [5.74, 6) is 0.733. The number of fused-ring (bicyclic) bond motifs is 2. The lowest BCUT2D eigenvalue weighted by Crippen LogP contribution is -2.12. The van der Waals surface area contributed by atoms with Crippen molar-refractivity contribution >= 4 is 55.7 Å². The molecule has 0 saturated heterocycles. The Labute approximate surface area is 159 Å². The van der Waals surface area contributed by atoms with Crippen LogP contribution in [0.1, 0.15) is 10.4 Å². The molecule has 3 nitrogen and oxygen atoms in total. The van der Waals surface area contributed by atoms with Gasteiger partial charge in [0, 0.05) is 17.0 Å². The molecule has 5 heteroatoms. The van der Waals surface area contributed by atoms with Gasteiger partial charge in [-0.25, -0.2) is 4.98 Å². The fourth-order valence-electron chi connectivity index (χ4n) is 2.80. The van der Waals surface area contributed by atoms with Crippen molar-refractivity contribution in [3.8, 4) is 0 Å². The third kappa shape index (κ3) is 3.36. The Morgan fingerprint density at radius 3 is 2.88 bits per heavy atom. The summed E-state index contributed by atoms with van der Waals surface area (Å²) in [7, 11) is 0. The summed E-state index contributed by atoms with van der Waals surface area (Å²) in [5, 5.41) is 5.02. The summed E-state index contributed by atoms with van der Waals surface area (Å²) in [4.78, 5) is 17.4. The van der Waals surface area contributed by atoms with Crippen LogP contribution >= 0.6 is 23.1 Å². The molecule has 0 aliphatic rings. The summed E-state index contributed by atoms with van der Waals surface area (Å²) >= 11 is 3.30. The van der Waals surface area contributed by atoms with Crippen molar-refractivity contribution in [1.29, 1.82) is 0 Å². The van der Waals surface area contributed by atoms with Crippen molar-refractivity contribution in [1.82, 2.24) is 4.98 Å². The van der Waals surface area contributed by atoms with Gasteiger partial charge in [0.15, 0.2) is 4.34 Å². The molecule has 0 bridgehead atoms. The maximum atomic E-state index is 12.8. The summed E-state index contributed by atoms with van der Waals surface area (Å²) in [6.07, 6.45) is 1.87. The highest BCUT2D eigenvalue weighted by Gasteiger charge is 2.11. The van der Waals surface area contributed by atoms with Gasteiger partial charge in [-0.05, 0) is 35.0 Å². The van der Waals surface area contributed by atoms with E-state index in [-0.39, 0.29) is 5.91 Å². The fraction of sp³-hybridized carbons (Fsp3) is 0.0476. The number of anilines is 1. The number of nitrogens with one attached hydrogen (secondary N) is 1. The van der Waals surface area contributed by atoms with Gasteiger partial charge < -0.3 is 5.32 Å². The van der Waals surface area contributed by atoms with Crippen LogP contribution in [0.4, 0.5) is 5.69 Å². The summed E-state index contributed by atoms with van der Waals surface area (Å²) in [5.41, 5.74) is 2.40. The predicted octanol–water partition coefficient (Wildman–Crippen LogP) is 5.98. The van der Waals surface area contributed by atoms with Crippen LogP contribution in [0.2, 0.25) is 0 Å². The molecule has 0 saturated carbocycles. The van der Waals surface area contributed by atoms with Crippen molar-refractivity contribution in [2.75, 3.05) is 11.1 Å². The Balaban J connectivity index is 1.61. The Hall–Kier alpha value is -2.63. The van der Waals surface area contributed by atoms with Crippen LogP contribution in [0, 0.1) is 0 Å². The number of nitrogens with zero attached hydrogens (tertiary/aromatic N) is 1. The van der Waals surface area contributed by atoms with Crippen molar-refractivity contribution in [3.05, 3.63) is 78.9 Å². The first-order chi connectivity index (χ1) is 12.7. The molecule has 1 N–H and O–H groups in total. The monoisotopic (exact) mass is 376 g/mol. The van der Waals surface area contributed by atoms with E-state index in [4.69, 9.17) is 0 Å². The maximum Gasteiger partial charge on any atom is 0.256 e. The van der Waals surface area contributed by atoms with E-state index in [0.29, 0.717) is 5.56 Å².